The molecule has 1 aliphatic carbocycles. The van der Waals surface area contributed by atoms with Gasteiger partial charge in [0, 0.05) is 11.5 Å². The molecular formula is C19H25N5O2S. The Bertz CT molecular complexity index is 872. The molecule has 1 aliphatic rings. The highest BCUT2D eigenvalue weighted by atomic mass is 32.2. The second-order valence-corrected chi connectivity index (χ2v) is 8.94. The van der Waals surface area contributed by atoms with Gasteiger partial charge in [0.1, 0.15) is 0 Å². The van der Waals surface area contributed by atoms with Gasteiger partial charge in [0.15, 0.2) is 16.7 Å². The number of thioether (sulfide) groups is 1. The summed E-state index contributed by atoms with van der Waals surface area (Å²) in [5.74, 6) is 3.50. The minimum atomic E-state index is -0.148. The van der Waals surface area contributed by atoms with Crippen LogP contribution in [0.2, 0.25) is 0 Å². The van der Waals surface area contributed by atoms with E-state index >= 15 is 0 Å². The number of nitrogens with zero attached hydrogens (tertiary/aromatic N) is 5. The third kappa shape index (κ3) is 3.95. The zero-order chi connectivity index (χ0) is 18.9. The van der Waals surface area contributed by atoms with Crippen LogP contribution in [-0.4, -0.2) is 24.9 Å². The van der Waals surface area contributed by atoms with Gasteiger partial charge in [-0.1, -0.05) is 57.0 Å². The standard InChI is InChI=1S/C19H25N5O2S/c1-19(2,3)17-20-15(23-26-17)12-27-18-22-21-16(14-10-7-11-25-14)24(18)13-8-5-4-6-9-13/h7,10-11,13H,4-6,8-9,12H2,1-3H3. The summed E-state index contributed by atoms with van der Waals surface area (Å²) in [6.45, 7) is 6.19. The van der Waals surface area contributed by atoms with E-state index in [1.165, 1.54) is 19.3 Å². The van der Waals surface area contributed by atoms with Crippen molar-refractivity contribution in [3.63, 3.8) is 0 Å². The summed E-state index contributed by atoms with van der Waals surface area (Å²) < 4.78 is 13.2. The van der Waals surface area contributed by atoms with Gasteiger partial charge >= 0.3 is 0 Å². The zero-order valence-electron chi connectivity index (χ0n) is 16.0. The van der Waals surface area contributed by atoms with E-state index in [1.54, 1.807) is 18.0 Å². The summed E-state index contributed by atoms with van der Waals surface area (Å²) >= 11 is 1.60. The molecule has 0 N–H and O–H groups in total. The molecule has 0 bridgehead atoms. The molecule has 0 radical (unpaired) electrons. The highest BCUT2D eigenvalue weighted by Gasteiger charge is 2.26. The van der Waals surface area contributed by atoms with Crippen molar-refractivity contribution >= 4 is 11.8 Å². The van der Waals surface area contributed by atoms with Crippen LogP contribution in [0.15, 0.2) is 32.5 Å². The summed E-state index contributed by atoms with van der Waals surface area (Å²) in [5.41, 5.74) is -0.148. The molecule has 0 spiro atoms. The topological polar surface area (TPSA) is 82.8 Å². The Labute approximate surface area is 162 Å². The van der Waals surface area contributed by atoms with E-state index in [2.05, 4.69) is 45.7 Å². The van der Waals surface area contributed by atoms with Crippen LogP contribution in [0, 0.1) is 0 Å². The van der Waals surface area contributed by atoms with Crippen LogP contribution >= 0.6 is 11.8 Å². The first-order valence-electron chi connectivity index (χ1n) is 9.47. The zero-order valence-corrected chi connectivity index (χ0v) is 16.8. The number of hydrogen-bond donors (Lipinski definition) is 0. The Morgan fingerprint density at radius 3 is 2.67 bits per heavy atom. The van der Waals surface area contributed by atoms with Crippen molar-refractivity contribution < 1.29 is 8.94 Å². The fourth-order valence-corrected chi connectivity index (χ4v) is 4.21. The minimum Gasteiger partial charge on any atom is -0.461 e. The molecule has 0 saturated heterocycles. The van der Waals surface area contributed by atoms with Crippen LogP contribution in [0.25, 0.3) is 11.6 Å². The lowest BCUT2D eigenvalue weighted by molar-refractivity contribution is 0.319. The molecule has 27 heavy (non-hydrogen) atoms. The van der Waals surface area contributed by atoms with Crippen LogP contribution in [0.4, 0.5) is 0 Å². The molecule has 4 rings (SSSR count). The molecule has 1 fully saturated rings. The van der Waals surface area contributed by atoms with E-state index in [1.807, 2.05) is 12.1 Å². The maximum absolute atomic E-state index is 5.60. The SMILES string of the molecule is CC(C)(C)c1nc(CSc2nnc(-c3ccco3)n2C2CCCCC2)no1. The van der Waals surface area contributed by atoms with Gasteiger partial charge in [-0.15, -0.1) is 10.2 Å². The minimum absolute atomic E-state index is 0.148. The summed E-state index contributed by atoms with van der Waals surface area (Å²) in [7, 11) is 0. The normalized spacial score (nSPS) is 16.1. The average molecular weight is 388 g/mol. The molecule has 0 amide bonds. The second kappa shape index (κ2) is 7.50. The third-order valence-electron chi connectivity index (χ3n) is 4.79. The van der Waals surface area contributed by atoms with Gasteiger partial charge in [0.2, 0.25) is 11.7 Å². The Morgan fingerprint density at radius 2 is 2.00 bits per heavy atom. The van der Waals surface area contributed by atoms with E-state index in [-0.39, 0.29) is 5.41 Å². The van der Waals surface area contributed by atoms with Crippen molar-refractivity contribution in [2.24, 2.45) is 0 Å². The van der Waals surface area contributed by atoms with E-state index in [4.69, 9.17) is 8.94 Å². The van der Waals surface area contributed by atoms with Crippen molar-refractivity contribution in [3.8, 4) is 11.6 Å². The summed E-state index contributed by atoms with van der Waals surface area (Å²) in [4.78, 5) is 4.52. The molecule has 144 valence electrons. The molecular weight excluding hydrogens is 362 g/mol. The fraction of sp³-hybridized carbons (Fsp3) is 0.579. The van der Waals surface area contributed by atoms with E-state index in [9.17, 15) is 0 Å². The maximum Gasteiger partial charge on any atom is 0.232 e. The summed E-state index contributed by atoms with van der Waals surface area (Å²) in [6, 6.07) is 4.23. The van der Waals surface area contributed by atoms with Gasteiger partial charge in [-0.3, -0.25) is 4.57 Å². The predicted octanol–water partition coefficient (Wildman–Crippen LogP) is 5.02. The Hall–Kier alpha value is -2.09. The Balaban J connectivity index is 1.57. The highest BCUT2D eigenvalue weighted by molar-refractivity contribution is 7.98. The van der Waals surface area contributed by atoms with Gasteiger partial charge in [0.25, 0.3) is 0 Å². The molecule has 0 atom stereocenters. The number of furan rings is 1. The molecule has 0 aromatic carbocycles. The largest absolute Gasteiger partial charge is 0.461 e. The number of aromatic nitrogens is 5. The third-order valence-corrected chi connectivity index (χ3v) is 5.73. The first-order valence-corrected chi connectivity index (χ1v) is 10.5. The van der Waals surface area contributed by atoms with Gasteiger partial charge in [-0.2, -0.15) is 4.98 Å². The van der Waals surface area contributed by atoms with E-state index in [0.29, 0.717) is 23.5 Å². The van der Waals surface area contributed by atoms with Crippen LogP contribution in [0.5, 0.6) is 0 Å². The molecule has 1 saturated carbocycles. The molecule has 0 aliphatic heterocycles. The molecule has 8 heteroatoms. The lowest BCUT2D eigenvalue weighted by atomic mass is 9.95. The second-order valence-electron chi connectivity index (χ2n) is 8.00. The van der Waals surface area contributed by atoms with E-state index < -0.39 is 0 Å². The van der Waals surface area contributed by atoms with Crippen molar-refractivity contribution in [2.45, 2.75) is 75.2 Å². The quantitative estimate of drug-likeness (QED) is 0.569. The van der Waals surface area contributed by atoms with Crippen LogP contribution in [0.1, 0.15) is 70.6 Å². The number of hydrogen-bond acceptors (Lipinski definition) is 7. The lowest BCUT2D eigenvalue weighted by Crippen LogP contribution is -2.15. The van der Waals surface area contributed by atoms with Gasteiger partial charge in [0.05, 0.1) is 12.0 Å². The first kappa shape index (κ1) is 18.3. The Morgan fingerprint density at radius 1 is 1.19 bits per heavy atom. The number of rotatable bonds is 5. The highest BCUT2D eigenvalue weighted by Crippen LogP contribution is 2.36. The van der Waals surface area contributed by atoms with Crippen LogP contribution in [-0.2, 0) is 11.2 Å². The molecule has 3 aromatic rings. The smallest absolute Gasteiger partial charge is 0.232 e. The van der Waals surface area contributed by atoms with Crippen molar-refractivity contribution in [3.05, 3.63) is 30.1 Å². The summed E-state index contributed by atoms with van der Waals surface area (Å²) in [6.07, 6.45) is 7.76. The van der Waals surface area contributed by atoms with Crippen molar-refractivity contribution in [2.75, 3.05) is 0 Å². The Kier molecular flexibility index (Phi) is 5.08. The van der Waals surface area contributed by atoms with Crippen LogP contribution < -0.4 is 0 Å². The lowest BCUT2D eigenvalue weighted by Gasteiger charge is -2.25. The van der Waals surface area contributed by atoms with Gasteiger partial charge in [-0.25, -0.2) is 0 Å². The van der Waals surface area contributed by atoms with Gasteiger partial charge < -0.3 is 8.94 Å². The van der Waals surface area contributed by atoms with Crippen molar-refractivity contribution in [1.29, 1.82) is 0 Å². The molecule has 3 heterocycles. The van der Waals surface area contributed by atoms with Crippen molar-refractivity contribution in [1.82, 2.24) is 24.9 Å². The predicted molar refractivity (Wildman–Crippen MR) is 102 cm³/mol. The first-order chi connectivity index (χ1) is 13.0. The molecule has 3 aromatic heterocycles. The average Bonchev–Trinajstić information content (AvgIpc) is 3.39. The van der Waals surface area contributed by atoms with Gasteiger partial charge in [-0.05, 0) is 25.0 Å². The summed E-state index contributed by atoms with van der Waals surface area (Å²) in [5, 5.41) is 13.9. The monoisotopic (exact) mass is 387 g/mol. The van der Waals surface area contributed by atoms with Crippen LogP contribution in [0.3, 0.4) is 0 Å². The molecule has 0 unspecified atom stereocenters. The van der Waals surface area contributed by atoms with E-state index in [0.717, 1.165) is 29.6 Å². The molecule has 7 nitrogen and oxygen atoms in total. The maximum atomic E-state index is 5.60. The fourth-order valence-electron chi connectivity index (χ4n) is 3.36.